The van der Waals surface area contributed by atoms with Gasteiger partial charge in [-0.2, -0.15) is 11.3 Å². The Morgan fingerprint density at radius 2 is 1.87 bits per heavy atom. The minimum Gasteiger partial charge on any atom is -0.314 e. The number of fused-ring (bicyclic) bond motifs is 1. The van der Waals surface area contributed by atoms with Crippen LogP contribution in [0.25, 0.3) is 10.8 Å². The minimum absolute atomic E-state index is 0.255. The summed E-state index contributed by atoms with van der Waals surface area (Å²) in [5.41, 5.74) is 2.21. The number of thiophene rings is 1. The standard InChI is InChI=1S/C23H23N3O2S2/c27-30(28,22-7-6-20-15-24-12-9-19(20)14-22)26-23(21-10-13-29-17-21)16-25-11-8-18-4-2-1-3-5-18/h1-7,9-10,12-15,17,23,25-26H,8,11,16H2. The fraction of sp³-hybridized carbons (Fsp3) is 0.174. The lowest BCUT2D eigenvalue weighted by molar-refractivity contribution is 0.530. The summed E-state index contributed by atoms with van der Waals surface area (Å²) < 4.78 is 29.0. The zero-order valence-corrected chi connectivity index (χ0v) is 18.0. The van der Waals surface area contributed by atoms with Crippen molar-refractivity contribution in [2.45, 2.75) is 17.4 Å². The number of hydrogen-bond donors (Lipinski definition) is 2. The predicted molar refractivity (Wildman–Crippen MR) is 122 cm³/mol. The molecule has 0 aliphatic rings. The summed E-state index contributed by atoms with van der Waals surface area (Å²) in [6.45, 7) is 1.29. The Hall–Kier alpha value is -2.58. The Bertz CT molecular complexity index is 1190. The first-order valence-electron chi connectivity index (χ1n) is 9.75. The maximum atomic E-state index is 13.1. The van der Waals surface area contributed by atoms with Crippen LogP contribution in [-0.4, -0.2) is 26.5 Å². The van der Waals surface area contributed by atoms with Crippen molar-refractivity contribution in [2.75, 3.05) is 13.1 Å². The highest BCUT2D eigenvalue weighted by Gasteiger charge is 2.22. The average molecular weight is 438 g/mol. The Labute approximate surface area is 180 Å². The van der Waals surface area contributed by atoms with Crippen molar-refractivity contribution in [3.05, 3.63) is 94.9 Å². The summed E-state index contributed by atoms with van der Waals surface area (Å²) in [5, 5.41) is 9.10. The average Bonchev–Trinajstić information content (AvgIpc) is 3.31. The summed E-state index contributed by atoms with van der Waals surface area (Å²) in [6, 6.07) is 18.8. The highest BCUT2D eigenvalue weighted by molar-refractivity contribution is 7.89. The molecule has 5 nitrogen and oxygen atoms in total. The van der Waals surface area contributed by atoms with Gasteiger partial charge in [-0.1, -0.05) is 36.4 Å². The predicted octanol–water partition coefficient (Wildman–Crippen LogP) is 4.15. The Balaban J connectivity index is 1.46. The van der Waals surface area contributed by atoms with Gasteiger partial charge in [0.15, 0.2) is 0 Å². The van der Waals surface area contributed by atoms with Gasteiger partial charge in [0.1, 0.15) is 0 Å². The lowest BCUT2D eigenvalue weighted by Gasteiger charge is -2.19. The van der Waals surface area contributed by atoms with Gasteiger partial charge in [0.2, 0.25) is 10.0 Å². The summed E-state index contributed by atoms with van der Waals surface area (Å²) in [5.74, 6) is 0. The monoisotopic (exact) mass is 437 g/mol. The molecule has 2 aromatic carbocycles. The van der Waals surface area contributed by atoms with E-state index in [0.717, 1.165) is 29.3 Å². The van der Waals surface area contributed by atoms with Crippen LogP contribution in [-0.2, 0) is 16.4 Å². The smallest absolute Gasteiger partial charge is 0.241 e. The van der Waals surface area contributed by atoms with E-state index in [-0.39, 0.29) is 10.9 Å². The number of benzene rings is 2. The number of pyridine rings is 1. The Morgan fingerprint density at radius 1 is 1.00 bits per heavy atom. The van der Waals surface area contributed by atoms with Gasteiger partial charge < -0.3 is 5.32 Å². The molecular formula is C23H23N3O2S2. The first kappa shape index (κ1) is 20.7. The fourth-order valence-corrected chi connectivity index (χ4v) is 5.28. The van der Waals surface area contributed by atoms with Crippen molar-refractivity contribution >= 4 is 32.1 Å². The third kappa shape index (κ3) is 5.12. The van der Waals surface area contributed by atoms with Gasteiger partial charge in [-0.15, -0.1) is 0 Å². The maximum Gasteiger partial charge on any atom is 0.241 e. The van der Waals surface area contributed by atoms with Crippen molar-refractivity contribution in [1.82, 2.24) is 15.0 Å². The SMILES string of the molecule is O=S(=O)(NC(CNCCc1ccccc1)c1ccsc1)c1ccc2cnccc2c1. The Kier molecular flexibility index (Phi) is 6.54. The van der Waals surface area contributed by atoms with Gasteiger partial charge in [-0.25, -0.2) is 13.1 Å². The van der Waals surface area contributed by atoms with E-state index in [2.05, 4.69) is 27.2 Å². The van der Waals surface area contributed by atoms with Crippen molar-refractivity contribution < 1.29 is 8.42 Å². The number of hydrogen-bond acceptors (Lipinski definition) is 5. The molecule has 0 bridgehead atoms. The molecule has 0 saturated carbocycles. The van der Waals surface area contributed by atoms with E-state index in [4.69, 9.17) is 0 Å². The van der Waals surface area contributed by atoms with Crippen LogP contribution in [0.1, 0.15) is 17.2 Å². The van der Waals surface area contributed by atoms with Crippen molar-refractivity contribution in [3.63, 3.8) is 0 Å². The van der Waals surface area contributed by atoms with Gasteiger partial charge in [0, 0.05) is 24.3 Å². The molecule has 2 N–H and O–H groups in total. The third-order valence-corrected chi connectivity index (χ3v) is 7.12. The molecule has 154 valence electrons. The second-order valence-electron chi connectivity index (χ2n) is 7.05. The largest absolute Gasteiger partial charge is 0.314 e. The van der Waals surface area contributed by atoms with E-state index in [0.29, 0.717) is 6.54 Å². The van der Waals surface area contributed by atoms with E-state index >= 15 is 0 Å². The fourth-order valence-electron chi connectivity index (χ4n) is 3.31. The van der Waals surface area contributed by atoms with Crippen LogP contribution >= 0.6 is 11.3 Å². The molecule has 30 heavy (non-hydrogen) atoms. The molecule has 0 amide bonds. The second kappa shape index (κ2) is 9.49. The molecule has 2 aromatic heterocycles. The minimum atomic E-state index is -3.67. The number of rotatable bonds is 9. The number of nitrogens with zero attached hydrogens (tertiary/aromatic N) is 1. The second-order valence-corrected chi connectivity index (χ2v) is 9.55. The molecule has 0 radical (unpaired) electrons. The molecule has 1 atom stereocenters. The lowest BCUT2D eigenvalue weighted by atomic mass is 10.1. The first-order chi connectivity index (χ1) is 14.6. The normalized spacial score (nSPS) is 12.8. The maximum absolute atomic E-state index is 13.1. The zero-order chi connectivity index (χ0) is 20.8. The van der Waals surface area contributed by atoms with Gasteiger partial charge >= 0.3 is 0 Å². The molecule has 0 spiro atoms. The Morgan fingerprint density at radius 3 is 2.67 bits per heavy atom. The van der Waals surface area contributed by atoms with Gasteiger partial charge in [-0.05, 0) is 64.5 Å². The highest BCUT2D eigenvalue weighted by atomic mass is 32.2. The first-order valence-corrected chi connectivity index (χ1v) is 12.2. The molecule has 4 rings (SSSR count). The van der Waals surface area contributed by atoms with Crippen molar-refractivity contribution in [2.24, 2.45) is 0 Å². The molecule has 2 heterocycles. The van der Waals surface area contributed by atoms with Crippen molar-refractivity contribution in [1.29, 1.82) is 0 Å². The van der Waals surface area contributed by atoms with Crippen LogP contribution < -0.4 is 10.0 Å². The van der Waals surface area contributed by atoms with E-state index < -0.39 is 10.0 Å². The van der Waals surface area contributed by atoms with Gasteiger partial charge in [0.05, 0.1) is 10.9 Å². The van der Waals surface area contributed by atoms with E-state index in [1.54, 1.807) is 41.9 Å². The van der Waals surface area contributed by atoms with Crippen molar-refractivity contribution in [3.8, 4) is 0 Å². The van der Waals surface area contributed by atoms with Crippen LogP contribution in [0.4, 0.5) is 0 Å². The summed E-state index contributed by atoms with van der Waals surface area (Å²) in [6.07, 6.45) is 4.28. The highest BCUT2D eigenvalue weighted by Crippen LogP contribution is 2.22. The van der Waals surface area contributed by atoms with Crippen LogP contribution in [0.5, 0.6) is 0 Å². The van der Waals surface area contributed by atoms with E-state index in [1.807, 2.05) is 41.1 Å². The van der Waals surface area contributed by atoms with Crippen LogP contribution in [0.2, 0.25) is 0 Å². The van der Waals surface area contributed by atoms with E-state index in [1.165, 1.54) is 5.56 Å². The summed E-state index contributed by atoms with van der Waals surface area (Å²) in [4.78, 5) is 4.33. The summed E-state index contributed by atoms with van der Waals surface area (Å²) in [7, 11) is -3.67. The molecule has 0 fully saturated rings. The molecule has 0 aliphatic heterocycles. The van der Waals surface area contributed by atoms with Crippen LogP contribution in [0.3, 0.4) is 0 Å². The lowest BCUT2D eigenvalue weighted by Crippen LogP contribution is -2.36. The number of sulfonamides is 1. The van der Waals surface area contributed by atoms with Crippen LogP contribution in [0, 0.1) is 0 Å². The molecular weight excluding hydrogens is 414 g/mol. The quantitative estimate of drug-likeness (QED) is 0.386. The molecule has 0 saturated heterocycles. The van der Waals surface area contributed by atoms with Gasteiger partial charge in [-0.3, -0.25) is 4.98 Å². The topological polar surface area (TPSA) is 71.1 Å². The molecule has 7 heteroatoms. The van der Waals surface area contributed by atoms with Crippen LogP contribution in [0.15, 0.2) is 88.7 Å². The van der Waals surface area contributed by atoms with E-state index in [9.17, 15) is 8.42 Å². The summed E-state index contributed by atoms with van der Waals surface area (Å²) >= 11 is 1.56. The molecule has 1 unspecified atom stereocenters. The third-order valence-electron chi connectivity index (χ3n) is 4.95. The zero-order valence-electron chi connectivity index (χ0n) is 16.4. The molecule has 0 aliphatic carbocycles. The number of aromatic nitrogens is 1. The molecule has 4 aromatic rings. The number of nitrogens with one attached hydrogen (secondary N) is 2. The van der Waals surface area contributed by atoms with Gasteiger partial charge in [0.25, 0.3) is 0 Å².